The second-order valence-corrected chi connectivity index (χ2v) is 5.51. The molecule has 5 heteroatoms. The van der Waals surface area contributed by atoms with Crippen LogP contribution >= 0.6 is 0 Å². The molecule has 2 heterocycles. The molecule has 0 aromatic carbocycles. The molecule has 0 fully saturated rings. The Morgan fingerprint density at radius 1 is 1.19 bits per heavy atom. The first kappa shape index (κ1) is 15.0. The summed E-state index contributed by atoms with van der Waals surface area (Å²) >= 11 is 0. The van der Waals surface area contributed by atoms with Gasteiger partial charge in [0.1, 0.15) is 11.4 Å². The van der Waals surface area contributed by atoms with E-state index in [9.17, 15) is 4.79 Å². The van der Waals surface area contributed by atoms with E-state index in [4.69, 9.17) is 9.47 Å². The number of rotatable bonds is 3. The van der Waals surface area contributed by atoms with Crippen LogP contribution in [0.3, 0.4) is 0 Å². The lowest BCUT2D eigenvalue weighted by atomic mass is 10.1. The van der Waals surface area contributed by atoms with E-state index in [1.165, 1.54) is 0 Å². The van der Waals surface area contributed by atoms with Crippen LogP contribution in [0, 0.1) is 0 Å². The number of ether oxygens (including phenoxy) is 2. The van der Waals surface area contributed by atoms with E-state index in [0.29, 0.717) is 17.0 Å². The Hall–Kier alpha value is -2.43. The predicted molar refractivity (Wildman–Crippen MR) is 79.2 cm³/mol. The number of hydrogen-bond acceptors (Lipinski definition) is 5. The zero-order chi connectivity index (χ0) is 15.5. The molecule has 0 radical (unpaired) electrons. The van der Waals surface area contributed by atoms with E-state index in [0.717, 1.165) is 5.56 Å². The van der Waals surface area contributed by atoms with Crippen LogP contribution in [0.25, 0.3) is 11.3 Å². The van der Waals surface area contributed by atoms with Gasteiger partial charge >= 0.3 is 5.97 Å². The van der Waals surface area contributed by atoms with Crippen molar-refractivity contribution in [2.45, 2.75) is 26.4 Å². The Bertz CT molecular complexity index is 648. The van der Waals surface area contributed by atoms with Crippen molar-refractivity contribution in [1.82, 2.24) is 9.97 Å². The maximum atomic E-state index is 12.1. The smallest absolute Gasteiger partial charge is 0.338 e. The van der Waals surface area contributed by atoms with Gasteiger partial charge in [0, 0.05) is 18.6 Å². The summed E-state index contributed by atoms with van der Waals surface area (Å²) in [5, 5.41) is 0. The molecule has 0 aliphatic heterocycles. The second kappa shape index (κ2) is 5.91. The van der Waals surface area contributed by atoms with Gasteiger partial charge in [0.15, 0.2) is 0 Å². The molecule has 0 saturated heterocycles. The van der Waals surface area contributed by atoms with Crippen LogP contribution in [0.15, 0.2) is 36.8 Å². The van der Waals surface area contributed by atoms with Gasteiger partial charge in [-0.25, -0.2) is 4.79 Å². The fourth-order valence-electron chi connectivity index (χ4n) is 1.79. The highest BCUT2D eigenvalue weighted by Gasteiger charge is 2.19. The number of nitrogens with zero attached hydrogens (tertiary/aromatic N) is 2. The van der Waals surface area contributed by atoms with Gasteiger partial charge in [0.2, 0.25) is 0 Å². The molecule has 110 valence electrons. The van der Waals surface area contributed by atoms with Crippen molar-refractivity contribution in [3.05, 3.63) is 42.4 Å². The first-order valence-electron chi connectivity index (χ1n) is 6.58. The van der Waals surface area contributed by atoms with E-state index in [-0.39, 0.29) is 5.97 Å². The standard InChI is InChI=1S/C16H18N2O3/c1-16(2,3)21-15(19)11-5-8-18-13(9-11)12-10-17-7-6-14(12)20-4/h5-10H,1-4H3. The number of esters is 1. The lowest BCUT2D eigenvalue weighted by molar-refractivity contribution is 0.00694. The molecule has 0 spiro atoms. The molecule has 5 nitrogen and oxygen atoms in total. The molecular formula is C16H18N2O3. The topological polar surface area (TPSA) is 61.3 Å². The maximum absolute atomic E-state index is 12.1. The highest BCUT2D eigenvalue weighted by atomic mass is 16.6. The van der Waals surface area contributed by atoms with Crippen LogP contribution in [0.4, 0.5) is 0 Å². The van der Waals surface area contributed by atoms with Crippen LogP contribution in [-0.2, 0) is 4.74 Å². The van der Waals surface area contributed by atoms with Crippen molar-refractivity contribution in [3.8, 4) is 17.0 Å². The van der Waals surface area contributed by atoms with Crippen molar-refractivity contribution in [1.29, 1.82) is 0 Å². The van der Waals surface area contributed by atoms with Gasteiger partial charge in [0.05, 0.1) is 23.9 Å². The van der Waals surface area contributed by atoms with Gasteiger partial charge in [-0.15, -0.1) is 0 Å². The quantitative estimate of drug-likeness (QED) is 0.811. The largest absolute Gasteiger partial charge is 0.496 e. The Morgan fingerprint density at radius 3 is 2.62 bits per heavy atom. The third kappa shape index (κ3) is 3.78. The van der Waals surface area contributed by atoms with Gasteiger partial charge in [-0.3, -0.25) is 9.97 Å². The van der Waals surface area contributed by atoms with Gasteiger partial charge < -0.3 is 9.47 Å². The van der Waals surface area contributed by atoms with Crippen molar-refractivity contribution in [2.75, 3.05) is 7.11 Å². The summed E-state index contributed by atoms with van der Waals surface area (Å²) in [4.78, 5) is 20.4. The molecule has 0 aliphatic rings. The molecule has 0 saturated carbocycles. The van der Waals surface area contributed by atoms with E-state index in [1.807, 2.05) is 20.8 Å². The SMILES string of the molecule is COc1ccncc1-c1cc(C(=O)OC(C)(C)C)ccn1. The van der Waals surface area contributed by atoms with Crippen LogP contribution in [0.1, 0.15) is 31.1 Å². The predicted octanol–water partition coefficient (Wildman–Crippen LogP) is 3.11. The summed E-state index contributed by atoms with van der Waals surface area (Å²) in [6.45, 7) is 5.49. The third-order valence-corrected chi connectivity index (χ3v) is 2.67. The Kier molecular flexibility index (Phi) is 4.21. The minimum absolute atomic E-state index is 0.381. The van der Waals surface area contributed by atoms with Crippen molar-refractivity contribution in [3.63, 3.8) is 0 Å². The number of hydrogen-bond donors (Lipinski definition) is 0. The zero-order valence-electron chi connectivity index (χ0n) is 12.6. The molecule has 0 unspecified atom stereocenters. The number of carbonyl (C=O) groups is 1. The summed E-state index contributed by atoms with van der Waals surface area (Å²) in [6.07, 6.45) is 4.86. The monoisotopic (exact) mass is 286 g/mol. The van der Waals surface area contributed by atoms with Gasteiger partial charge in [-0.05, 0) is 39.0 Å². The molecule has 2 aromatic rings. The maximum Gasteiger partial charge on any atom is 0.338 e. The van der Waals surface area contributed by atoms with Crippen LogP contribution < -0.4 is 4.74 Å². The molecule has 0 aliphatic carbocycles. The Balaban J connectivity index is 2.36. The molecule has 0 bridgehead atoms. The number of methoxy groups -OCH3 is 1. The van der Waals surface area contributed by atoms with E-state index >= 15 is 0 Å². The van der Waals surface area contributed by atoms with Crippen LogP contribution in [0.2, 0.25) is 0 Å². The van der Waals surface area contributed by atoms with E-state index < -0.39 is 5.60 Å². The van der Waals surface area contributed by atoms with Crippen molar-refractivity contribution < 1.29 is 14.3 Å². The van der Waals surface area contributed by atoms with Crippen LogP contribution in [-0.4, -0.2) is 28.6 Å². The lowest BCUT2D eigenvalue weighted by Crippen LogP contribution is -2.23. The summed E-state index contributed by atoms with van der Waals surface area (Å²) < 4.78 is 10.6. The number of pyridine rings is 2. The van der Waals surface area contributed by atoms with Crippen molar-refractivity contribution in [2.24, 2.45) is 0 Å². The second-order valence-electron chi connectivity index (χ2n) is 5.51. The summed E-state index contributed by atoms with van der Waals surface area (Å²) in [5.41, 5.74) is 1.25. The normalized spacial score (nSPS) is 11.0. The highest BCUT2D eigenvalue weighted by Crippen LogP contribution is 2.27. The number of carbonyl (C=O) groups excluding carboxylic acids is 1. The summed E-state index contributed by atoms with van der Waals surface area (Å²) in [7, 11) is 1.58. The van der Waals surface area contributed by atoms with E-state index in [1.54, 1.807) is 43.9 Å². The molecule has 0 amide bonds. The van der Waals surface area contributed by atoms with E-state index in [2.05, 4.69) is 9.97 Å². The van der Waals surface area contributed by atoms with Crippen LogP contribution in [0.5, 0.6) is 5.75 Å². The number of aromatic nitrogens is 2. The fourth-order valence-corrected chi connectivity index (χ4v) is 1.79. The first-order chi connectivity index (χ1) is 9.90. The summed E-state index contributed by atoms with van der Waals surface area (Å²) in [6, 6.07) is 5.05. The average Bonchev–Trinajstić information content (AvgIpc) is 2.45. The Morgan fingerprint density at radius 2 is 1.95 bits per heavy atom. The van der Waals surface area contributed by atoms with Crippen molar-refractivity contribution >= 4 is 5.97 Å². The molecule has 21 heavy (non-hydrogen) atoms. The first-order valence-corrected chi connectivity index (χ1v) is 6.58. The zero-order valence-corrected chi connectivity index (χ0v) is 12.6. The molecule has 0 atom stereocenters. The summed E-state index contributed by atoms with van der Waals surface area (Å²) in [5.74, 6) is 0.271. The average molecular weight is 286 g/mol. The Labute approximate surface area is 124 Å². The molecular weight excluding hydrogens is 268 g/mol. The van der Waals surface area contributed by atoms with Gasteiger partial charge in [-0.1, -0.05) is 0 Å². The molecule has 0 N–H and O–H groups in total. The van der Waals surface area contributed by atoms with Gasteiger partial charge in [0.25, 0.3) is 0 Å². The minimum atomic E-state index is -0.535. The fraction of sp³-hybridized carbons (Fsp3) is 0.312. The lowest BCUT2D eigenvalue weighted by Gasteiger charge is -2.19. The molecule has 2 rings (SSSR count). The van der Waals surface area contributed by atoms with Gasteiger partial charge in [-0.2, -0.15) is 0 Å². The molecule has 2 aromatic heterocycles. The third-order valence-electron chi connectivity index (χ3n) is 2.67. The minimum Gasteiger partial charge on any atom is -0.496 e. The highest BCUT2D eigenvalue weighted by molar-refractivity contribution is 5.91.